The first-order chi connectivity index (χ1) is 23.9. The molecule has 0 atom stereocenters. The van der Waals surface area contributed by atoms with Gasteiger partial charge in [-0.25, -0.2) is 0 Å². The molecule has 0 heterocycles. The Morgan fingerprint density at radius 1 is 0.510 bits per heavy atom. The van der Waals surface area contributed by atoms with Crippen LogP contribution in [-0.4, -0.2) is 32.9 Å². The van der Waals surface area contributed by atoms with Crippen molar-refractivity contribution in [1.82, 2.24) is 0 Å². The van der Waals surface area contributed by atoms with E-state index in [2.05, 4.69) is 24.3 Å². The summed E-state index contributed by atoms with van der Waals surface area (Å²) in [6.07, 6.45) is 11.9. The van der Waals surface area contributed by atoms with Gasteiger partial charge in [0.25, 0.3) is 0 Å². The van der Waals surface area contributed by atoms with Crippen molar-refractivity contribution in [3.63, 3.8) is 0 Å². The average molecular weight is 762 g/mol. The van der Waals surface area contributed by atoms with Gasteiger partial charge < -0.3 is 20.4 Å². The van der Waals surface area contributed by atoms with Crippen LogP contribution in [0.2, 0.25) is 0 Å². The van der Waals surface area contributed by atoms with Crippen molar-refractivity contribution in [2.75, 3.05) is 0 Å². The van der Waals surface area contributed by atoms with E-state index in [0.717, 1.165) is 71.2 Å². The van der Waals surface area contributed by atoms with E-state index in [1.807, 2.05) is 48.5 Å². The van der Waals surface area contributed by atoms with E-state index in [1.165, 1.54) is 46.2 Å². The molecular weight excluding hydrogens is 726 g/mol. The molecule has 4 N–H and O–H groups in total. The van der Waals surface area contributed by atoms with Crippen LogP contribution in [0.3, 0.4) is 0 Å². The van der Waals surface area contributed by atoms with E-state index in [0.29, 0.717) is 11.1 Å². The quantitative estimate of drug-likeness (QED) is 0.0818. The molecule has 0 aromatic heterocycles. The molecule has 51 heavy (non-hydrogen) atoms. The van der Waals surface area contributed by atoms with Gasteiger partial charge >= 0.3 is 0 Å². The number of rotatable bonds is 4. The molecule has 3 aliphatic carbocycles. The van der Waals surface area contributed by atoms with Crippen molar-refractivity contribution in [3.05, 3.63) is 129 Å². The number of aryl methyl sites for hydroxylation is 2. The maximum absolute atomic E-state index is 11.2. The zero-order chi connectivity index (χ0) is 33.3. The van der Waals surface area contributed by atoms with Gasteiger partial charge in [-0.2, -0.15) is 0 Å². The van der Waals surface area contributed by atoms with Crippen LogP contribution >= 0.6 is 0 Å². The van der Waals surface area contributed by atoms with Gasteiger partial charge in [-0.05, 0) is 118 Å². The van der Waals surface area contributed by atoms with Crippen LogP contribution < -0.4 is 0 Å². The van der Waals surface area contributed by atoms with Crippen molar-refractivity contribution < 1.29 is 53.4 Å². The summed E-state index contributed by atoms with van der Waals surface area (Å²) in [6.45, 7) is 0. The molecule has 6 aromatic rings. The fourth-order valence-corrected chi connectivity index (χ4v) is 8.54. The summed E-state index contributed by atoms with van der Waals surface area (Å²) < 4.78 is 0. The van der Waals surface area contributed by atoms with E-state index in [1.54, 1.807) is 24.6 Å². The second-order valence-corrected chi connectivity index (χ2v) is 13.6. The van der Waals surface area contributed by atoms with Crippen LogP contribution in [-0.2, 0) is 64.3 Å². The third-order valence-electron chi connectivity index (χ3n) is 10.9. The first kappa shape index (κ1) is 34.8. The molecule has 6 aromatic carbocycles. The number of benzene rings is 6. The van der Waals surface area contributed by atoms with E-state index in [-0.39, 0.29) is 56.0 Å². The minimum atomic E-state index is -1.28. The van der Waals surface area contributed by atoms with Crippen molar-refractivity contribution in [2.24, 2.45) is 9.98 Å². The maximum Gasteiger partial charge on any atom is 0.202 e. The first-order valence-electron chi connectivity index (χ1n) is 17.2. The largest absolute Gasteiger partial charge is 0.504 e. The number of phenols is 4. The van der Waals surface area contributed by atoms with E-state index in [4.69, 9.17) is 9.98 Å². The van der Waals surface area contributed by atoms with Crippen LogP contribution in [0.5, 0.6) is 23.0 Å². The van der Waals surface area contributed by atoms with Crippen molar-refractivity contribution >= 4 is 34.0 Å². The molecule has 0 amide bonds. The Kier molecular flexibility index (Phi) is 9.20. The Morgan fingerprint density at radius 2 is 0.922 bits per heavy atom. The number of fused-ring (bicyclic) bond motifs is 9. The van der Waals surface area contributed by atoms with Crippen LogP contribution in [0.1, 0.15) is 70.2 Å². The molecule has 262 valence electrons. The number of nitrogens with zero attached hydrogens (tertiary/aromatic N) is 2. The van der Waals surface area contributed by atoms with Gasteiger partial charge in [-0.15, -0.1) is 0 Å². The molecular formula is C43H36N2Ni2O4. The predicted octanol–water partition coefficient (Wildman–Crippen LogP) is 8.99. The number of hydrogen-bond acceptors (Lipinski definition) is 6. The molecule has 0 fully saturated rings. The van der Waals surface area contributed by atoms with Crippen molar-refractivity contribution in [2.45, 2.75) is 57.0 Å². The summed E-state index contributed by atoms with van der Waals surface area (Å²) in [7, 11) is 0. The third kappa shape index (κ3) is 5.43. The first-order valence-corrected chi connectivity index (χ1v) is 17.2. The number of phenolic OH excluding ortho intramolecular Hbond substituents is 4. The summed E-state index contributed by atoms with van der Waals surface area (Å²) in [5.74, 6) is -0.923. The molecule has 0 aliphatic heterocycles. The summed E-state index contributed by atoms with van der Waals surface area (Å²) in [4.78, 5) is 10.7. The van der Waals surface area contributed by atoms with Gasteiger partial charge in [-0.1, -0.05) is 72.8 Å². The summed E-state index contributed by atoms with van der Waals surface area (Å²) in [5, 5.41) is 47.0. The van der Waals surface area contributed by atoms with Gasteiger partial charge in [0, 0.05) is 67.7 Å². The van der Waals surface area contributed by atoms with Gasteiger partial charge in [0.2, 0.25) is 5.66 Å². The minimum absolute atomic E-state index is 0. The third-order valence-corrected chi connectivity index (χ3v) is 10.9. The predicted molar refractivity (Wildman–Crippen MR) is 196 cm³/mol. The molecule has 0 unspecified atom stereocenters. The molecule has 0 saturated heterocycles. The molecule has 8 heteroatoms. The van der Waals surface area contributed by atoms with Crippen LogP contribution in [0.15, 0.2) is 94.9 Å². The Balaban J connectivity index is 0.00000203. The van der Waals surface area contributed by atoms with Gasteiger partial charge in [0.1, 0.15) is 0 Å². The molecule has 0 spiro atoms. The summed E-state index contributed by atoms with van der Waals surface area (Å²) >= 11 is 0. The van der Waals surface area contributed by atoms with E-state index in [9.17, 15) is 20.4 Å². The smallest absolute Gasteiger partial charge is 0.202 e. The summed E-state index contributed by atoms with van der Waals surface area (Å²) in [6, 6.07) is 27.1. The Labute approximate surface area is 316 Å². The second kappa shape index (κ2) is 13.5. The molecule has 0 saturated carbocycles. The van der Waals surface area contributed by atoms with Crippen molar-refractivity contribution in [3.8, 4) is 34.1 Å². The monoisotopic (exact) mass is 760 g/mol. The standard InChI is InChI=1S/C43H36N2O4.2Ni/c46-37-21-27-11-3-5-13-29(27)33(41(37)48)23-44-43(45-24-34-30-14-6-4-12-28(30)22-38(47)42(34)49)35-19-17-25-9-1-7-15-31(25)39(35)40-32-16-8-2-10-26(32)18-20-36(40)43;;/h3-6,11-14,17-24,46-49H,1-2,7-10,15-16H2;;/b44-23+,45-24+;;. The Bertz CT molecular complexity index is 2250. The zero-order valence-corrected chi connectivity index (χ0v) is 29.7. The molecule has 0 bridgehead atoms. The number of hydrogen-bond donors (Lipinski definition) is 4. The maximum atomic E-state index is 11.2. The van der Waals surface area contributed by atoms with Crippen LogP contribution in [0.25, 0.3) is 32.7 Å². The molecule has 3 aliphatic rings. The minimum Gasteiger partial charge on any atom is -0.504 e. The normalized spacial score (nSPS) is 15.6. The second-order valence-electron chi connectivity index (χ2n) is 13.6. The SMILES string of the molecule is Oc1cc2ccccc2c(/C=N/C2(/N=C/c3c(O)c(O)cc4ccccc34)c3ccc4c(c3-c3c2ccc2c3CCCC2)CCCC4)c1O.[Ni].[Ni]. The van der Waals surface area contributed by atoms with E-state index < -0.39 is 5.66 Å². The topological polar surface area (TPSA) is 106 Å². The van der Waals surface area contributed by atoms with Crippen molar-refractivity contribution in [1.29, 1.82) is 0 Å². The van der Waals surface area contributed by atoms with Gasteiger partial charge in [-0.3, -0.25) is 9.98 Å². The molecule has 9 rings (SSSR count). The summed E-state index contributed by atoms with van der Waals surface area (Å²) in [5.41, 5.74) is 9.38. The van der Waals surface area contributed by atoms with Gasteiger partial charge in [0.15, 0.2) is 23.0 Å². The van der Waals surface area contributed by atoms with Crippen LogP contribution in [0, 0.1) is 0 Å². The van der Waals surface area contributed by atoms with E-state index >= 15 is 0 Å². The number of aliphatic imine (C=N–C) groups is 2. The average Bonchev–Trinajstić information content (AvgIpc) is 3.42. The van der Waals surface area contributed by atoms with Crippen LogP contribution in [0.4, 0.5) is 0 Å². The van der Waals surface area contributed by atoms with Gasteiger partial charge in [0.05, 0.1) is 0 Å². The Hall–Kier alpha value is -4.63. The molecule has 0 radical (unpaired) electrons. The fourth-order valence-electron chi connectivity index (χ4n) is 8.54. The molecule has 6 nitrogen and oxygen atoms in total. The number of aromatic hydroxyl groups is 4. The Morgan fingerprint density at radius 3 is 1.37 bits per heavy atom. The zero-order valence-electron chi connectivity index (χ0n) is 27.7. The fraction of sp³-hybridized carbons (Fsp3) is 0.209.